The maximum atomic E-state index is 9.52. The second kappa shape index (κ2) is 5.38. The fourth-order valence-electron chi connectivity index (χ4n) is 1.55. The van der Waals surface area contributed by atoms with Gasteiger partial charge >= 0.3 is 0 Å². The van der Waals surface area contributed by atoms with E-state index in [1.54, 1.807) is 18.7 Å². The van der Waals surface area contributed by atoms with Crippen LogP contribution in [0.15, 0.2) is 41.6 Å². The maximum absolute atomic E-state index is 9.52. The van der Waals surface area contributed by atoms with Crippen LogP contribution in [0.1, 0.15) is 24.4 Å². The van der Waals surface area contributed by atoms with Gasteiger partial charge < -0.3 is 9.67 Å². The molecule has 2 aromatic rings. The molecule has 1 unspecified atom stereocenters. The van der Waals surface area contributed by atoms with E-state index >= 15 is 0 Å². The summed E-state index contributed by atoms with van der Waals surface area (Å²) >= 11 is 1.73. The number of aryl methyl sites for hydroxylation is 1. The first-order valence-corrected chi connectivity index (χ1v) is 6.52. The molecular weight excluding hydrogens is 232 g/mol. The van der Waals surface area contributed by atoms with Gasteiger partial charge in [-0.25, -0.2) is 4.98 Å². The van der Waals surface area contributed by atoms with Crippen LogP contribution >= 0.6 is 11.8 Å². The molecule has 1 atom stereocenters. The van der Waals surface area contributed by atoms with Crippen molar-refractivity contribution in [3.63, 3.8) is 0 Å². The highest BCUT2D eigenvalue weighted by Gasteiger charge is 2.04. The van der Waals surface area contributed by atoms with Crippen LogP contribution in [0.4, 0.5) is 0 Å². The molecule has 0 spiro atoms. The van der Waals surface area contributed by atoms with Crippen LogP contribution in [0.3, 0.4) is 0 Å². The minimum absolute atomic E-state index is 0.413. The number of imidazole rings is 1. The molecule has 1 aromatic carbocycles. The van der Waals surface area contributed by atoms with Crippen LogP contribution in [0.25, 0.3) is 0 Å². The van der Waals surface area contributed by atoms with Gasteiger partial charge in [-0.1, -0.05) is 12.1 Å². The highest BCUT2D eigenvalue weighted by molar-refractivity contribution is 7.98. The Balaban J connectivity index is 2.04. The first-order valence-electron chi connectivity index (χ1n) is 5.54. The van der Waals surface area contributed by atoms with Crippen molar-refractivity contribution in [3.05, 3.63) is 48.0 Å². The number of aromatic nitrogens is 2. The van der Waals surface area contributed by atoms with Crippen LogP contribution < -0.4 is 0 Å². The molecular formula is C13H16N2OS. The minimum Gasteiger partial charge on any atom is -0.389 e. The molecule has 0 saturated heterocycles. The third kappa shape index (κ3) is 3.11. The van der Waals surface area contributed by atoms with Crippen molar-refractivity contribution in [1.82, 2.24) is 9.55 Å². The van der Waals surface area contributed by atoms with Crippen molar-refractivity contribution >= 4 is 11.8 Å². The van der Waals surface area contributed by atoms with Gasteiger partial charge in [0.15, 0.2) is 0 Å². The van der Waals surface area contributed by atoms with E-state index in [1.807, 2.05) is 42.2 Å². The molecule has 0 aliphatic rings. The summed E-state index contributed by atoms with van der Waals surface area (Å²) in [5, 5.41) is 9.52. The zero-order chi connectivity index (χ0) is 12.3. The normalized spacial score (nSPS) is 12.6. The van der Waals surface area contributed by atoms with Crippen molar-refractivity contribution in [3.8, 4) is 0 Å². The van der Waals surface area contributed by atoms with E-state index in [0.29, 0.717) is 0 Å². The zero-order valence-electron chi connectivity index (χ0n) is 10.00. The SMILES string of the molecule is CC(O)c1cccc(SCc2nccn2C)c1. The molecule has 0 bridgehead atoms. The molecule has 0 amide bonds. The first-order chi connectivity index (χ1) is 8.16. The Hall–Kier alpha value is -1.26. The lowest BCUT2D eigenvalue weighted by atomic mass is 10.1. The molecule has 0 aliphatic heterocycles. The highest BCUT2D eigenvalue weighted by Crippen LogP contribution is 2.24. The summed E-state index contributed by atoms with van der Waals surface area (Å²) in [4.78, 5) is 5.44. The molecule has 1 N–H and O–H groups in total. The van der Waals surface area contributed by atoms with Crippen molar-refractivity contribution in [2.45, 2.75) is 23.7 Å². The van der Waals surface area contributed by atoms with Gasteiger partial charge in [0, 0.05) is 24.3 Å². The number of rotatable bonds is 4. The number of benzene rings is 1. The van der Waals surface area contributed by atoms with E-state index in [9.17, 15) is 5.11 Å². The van der Waals surface area contributed by atoms with E-state index in [0.717, 1.165) is 22.0 Å². The van der Waals surface area contributed by atoms with E-state index in [1.165, 1.54) is 0 Å². The van der Waals surface area contributed by atoms with Crippen LogP contribution in [0.2, 0.25) is 0 Å². The molecule has 1 aromatic heterocycles. The van der Waals surface area contributed by atoms with Crippen molar-refractivity contribution < 1.29 is 5.11 Å². The number of aliphatic hydroxyl groups excluding tert-OH is 1. The van der Waals surface area contributed by atoms with Gasteiger partial charge in [0.1, 0.15) is 5.82 Å². The lowest BCUT2D eigenvalue weighted by Crippen LogP contribution is -1.95. The standard InChI is InChI=1S/C13H16N2OS/c1-10(16)11-4-3-5-12(8-11)17-9-13-14-6-7-15(13)2/h3-8,10,16H,9H2,1-2H3. The van der Waals surface area contributed by atoms with Crippen molar-refractivity contribution in [2.75, 3.05) is 0 Å². The van der Waals surface area contributed by atoms with Crippen LogP contribution in [-0.2, 0) is 12.8 Å². The summed E-state index contributed by atoms with van der Waals surface area (Å²) in [6, 6.07) is 8.00. The molecule has 17 heavy (non-hydrogen) atoms. The quantitative estimate of drug-likeness (QED) is 0.845. The molecule has 90 valence electrons. The number of hydrogen-bond donors (Lipinski definition) is 1. The minimum atomic E-state index is -0.413. The topological polar surface area (TPSA) is 38.1 Å². The first kappa shape index (κ1) is 12.2. The fraction of sp³-hybridized carbons (Fsp3) is 0.308. The summed E-state index contributed by atoms with van der Waals surface area (Å²) in [5.41, 5.74) is 0.954. The molecule has 0 fully saturated rings. The molecule has 4 heteroatoms. The van der Waals surface area contributed by atoms with Gasteiger partial charge in [0.2, 0.25) is 0 Å². The van der Waals surface area contributed by atoms with E-state index in [2.05, 4.69) is 11.1 Å². The number of thioether (sulfide) groups is 1. The van der Waals surface area contributed by atoms with Crippen LogP contribution in [0, 0.1) is 0 Å². The Labute approximate surface area is 106 Å². The second-order valence-electron chi connectivity index (χ2n) is 3.99. The summed E-state index contributed by atoms with van der Waals surface area (Å²) in [6.45, 7) is 1.78. The van der Waals surface area contributed by atoms with Gasteiger partial charge in [-0.3, -0.25) is 0 Å². The van der Waals surface area contributed by atoms with Crippen LogP contribution in [-0.4, -0.2) is 14.7 Å². The smallest absolute Gasteiger partial charge is 0.118 e. The van der Waals surface area contributed by atoms with E-state index in [4.69, 9.17) is 0 Å². The summed E-state index contributed by atoms with van der Waals surface area (Å²) in [6.07, 6.45) is 3.34. The van der Waals surface area contributed by atoms with Crippen LogP contribution in [0.5, 0.6) is 0 Å². The molecule has 2 rings (SSSR count). The van der Waals surface area contributed by atoms with Crippen molar-refractivity contribution in [2.24, 2.45) is 7.05 Å². The third-order valence-corrected chi connectivity index (χ3v) is 3.62. The van der Waals surface area contributed by atoms with Gasteiger partial charge in [-0.15, -0.1) is 11.8 Å². The predicted molar refractivity (Wildman–Crippen MR) is 69.8 cm³/mol. The zero-order valence-corrected chi connectivity index (χ0v) is 10.8. The number of aliphatic hydroxyl groups is 1. The fourth-order valence-corrected chi connectivity index (χ4v) is 2.52. The molecule has 1 heterocycles. The average molecular weight is 248 g/mol. The number of nitrogens with zero attached hydrogens (tertiary/aromatic N) is 2. The maximum Gasteiger partial charge on any atom is 0.118 e. The molecule has 0 aliphatic carbocycles. The molecule has 0 radical (unpaired) electrons. The Morgan fingerprint density at radius 2 is 2.29 bits per heavy atom. The van der Waals surface area contributed by atoms with Gasteiger partial charge in [-0.2, -0.15) is 0 Å². The van der Waals surface area contributed by atoms with E-state index in [-0.39, 0.29) is 0 Å². The second-order valence-corrected chi connectivity index (χ2v) is 5.04. The third-order valence-electron chi connectivity index (χ3n) is 2.63. The Morgan fingerprint density at radius 3 is 2.94 bits per heavy atom. The molecule has 3 nitrogen and oxygen atoms in total. The summed E-state index contributed by atoms with van der Waals surface area (Å²) in [5.74, 6) is 1.89. The van der Waals surface area contributed by atoms with Gasteiger partial charge in [0.05, 0.1) is 11.9 Å². The molecule has 0 saturated carbocycles. The average Bonchev–Trinajstić information content (AvgIpc) is 2.72. The monoisotopic (exact) mass is 248 g/mol. The van der Waals surface area contributed by atoms with Crippen molar-refractivity contribution in [1.29, 1.82) is 0 Å². The predicted octanol–water partition coefficient (Wildman–Crippen LogP) is 2.77. The van der Waals surface area contributed by atoms with Gasteiger partial charge in [-0.05, 0) is 24.6 Å². The largest absolute Gasteiger partial charge is 0.389 e. The highest BCUT2D eigenvalue weighted by atomic mass is 32.2. The summed E-state index contributed by atoms with van der Waals surface area (Å²) < 4.78 is 2.02. The number of hydrogen-bond acceptors (Lipinski definition) is 3. The Bertz CT molecular complexity index is 494. The lowest BCUT2D eigenvalue weighted by Gasteiger charge is -2.07. The summed E-state index contributed by atoms with van der Waals surface area (Å²) in [7, 11) is 2.00. The van der Waals surface area contributed by atoms with E-state index < -0.39 is 6.10 Å². The Kier molecular flexibility index (Phi) is 3.86. The lowest BCUT2D eigenvalue weighted by molar-refractivity contribution is 0.199. The Morgan fingerprint density at radius 1 is 1.47 bits per heavy atom. The van der Waals surface area contributed by atoms with Gasteiger partial charge in [0.25, 0.3) is 0 Å².